The second kappa shape index (κ2) is 7.78. The monoisotopic (exact) mass is 333 g/mol. The third kappa shape index (κ3) is 4.23. The van der Waals surface area contributed by atoms with Crippen molar-refractivity contribution in [1.29, 1.82) is 0 Å². The predicted molar refractivity (Wildman–Crippen MR) is 91.8 cm³/mol. The van der Waals surface area contributed by atoms with Gasteiger partial charge in [-0.15, -0.1) is 0 Å². The van der Waals surface area contributed by atoms with Crippen LogP contribution in [0, 0.1) is 0 Å². The van der Waals surface area contributed by atoms with E-state index >= 15 is 0 Å². The average molecular weight is 333 g/mol. The minimum absolute atomic E-state index is 0.236. The van der Waals surface area contributed by atoms with E-state index in [9.17, 15) is 9.59 Å². The maximum atomic E-state index is 12.3. The standard InChI is InChI=1S/C18H15N5O2/c24-17(14-5-3-7-19-10-14)23-15-6-2-1-4-13(15)11-22-18(25)16-12-20-8-9-21-16/h1-10,12H,11H2,(H,22,25)(H,23,24). The van der Waals surface area contributed by atoms with E-state index in [2.05, 4.69) is 25.6 Å². The van der Waals surface area contributed by atoms with E-state index in [0.717, 1.165) is 5.56 Å². The molecule has 25 heavy (non-hydrogen) atoms. The molecular formula is C18H15N5O2. The van der Waals surface area contributed by atoms with Crippen molar-refractivity contribution in [3.8, 4) is 0 Å². The summed E-state index contributed by atoms with van der Waals surface area (Å²) in [5.74, 6) is -0.595. The molecule has 0 radical (unpaired) electrons. The summed E-state index contributed by atoms with van der Waals surface area (Å²) in [5, 5.41) is 5.60. The van der Waals surface area contributed by atoms with Crippen molar-refractivity contribution in [1.82, 2.24) is 20.3 Å². The fraction of sp³-hybridized carbons (Fsp3) is 0.0556. The Bertz CT molecular complexity index is 869. The largest absolute Gasteiger partial charge is 0.346 e. The Balaban J connectivity index is 1.69. The molecule has 0 saturated heterocycles. The molecule has 0 saturated carbocycles. The van der Waals surface area contributed by atoms with Gasteiger partial charge in [-0.2, -0.15) is 0 Å². The summed E-state index contributed by atoms with van der Waals surface area (Å²) in [4.78, 5) is 36.1. The van der Waals surface area contributed by atoms with E-state index < -0.39 is 0 Å². The number of aromatic nitrogens is 3. The lowest BCUT2D eigenvalue weighted by atomic mass is 10.1. The number of anilines is 1. The number of rotatable bonds is 5. The molecule has 0 aliphatic heterocycles. The molecule has 0 aliphatic rings. The maximum Gasteiger partial charge on any atom is 0.271 e. The van der Waals surface area contributed by atoms with Gasteiger partial charge in [-0.1, -0.05) is 18.2 Å². The zero-order valence-corrected chi connectivity index (χ0v) is 13.2. The van der Waals surface area contributed by atoms with Gasteiger partial charge in [0.05, 0.1) is 11.8 Å². The van der Waals surface area contributed by atoms with E-state index in [0.29, 0.717) is 11.3 Å². The van der Waals surface area contributed by atoms with Gasteiger partial charge in [0, 0.05) is 37.0 Å². The van der Waals surface area contributed by atoms with Crippen LogP contribution >= 0.6 is 0 Å². The highest BCUT2D eigenvalue weighted by Gasteiger charge is 2.11. The number of pyridine rings is 1. The number of carbonyl (C=O) groups is 2. The zero-order valence-electron chi connectivity index (χ0n) is 13.2. The number of carbonyl (C=O) groups excluding carboxylic acids is 2. The highest BCUT2D eigenvalue weighted by atomic mass is 16.2. The second-order valence-electron chi connectivity index (χ2n) is 5.13. The number of benzene rings is 1. The molecule has 124 valence electrons. The first-order valence-corrected chi connectivity index (χ1v) is 7.57. The van der Waals surface area contributed by atoms with Crippen molar-refractivity contribution in [3.63, 3.8) is 0 Å². The van der Waals surface area contributed by atoms with Gasteiger partial charge in [-0.3, -0.25) is 19.6 Å². The molecule has 2 amide bonds. The van der Waals surface area contributed by atoms with E-state index in [1.165, 1.54) is 24.8 Å². The summed E-state index contributed by atoms with van der Waals surface area (Å²) >= 11 is 0. The fourth-order valence-corrected chi connectivity index (χ4v) is 2.17. The van der Waals surface area contributed by atoms with E-state index in [1.807, 2.05) is 18.2 Å². The Morgan fingerprint density at radius 2 is 1.72 bits per heavy atom. The van der Waals surface area contributed by atoms with Gasteiger partial charge >= 0.3 is 0 Å². The number of nitrogens with one attached hydrogen (secondary N) is 2. The predicted octanol–water partition coefficient (Wildman–Crippen LogP) is 2.05. The van der Waals surface area contributed by atoms with Gasteiger partial charge in [0.25, 0.3) is 11.8 Å². The Morgan fingerprint density at radius 3 is 2.48 bits per heavy atom. The van der Waals surface area contributed by atoms with E-state index in [4.69, 9.17) is 0 Å². The average Bonchev–Trinajstić information content (AvgIpc) is 2.68. The van der Waals surface area contributed by atoms with E-state index in [-0.39, 0.29) is 24.1 Å². The lowest BCUT2D eigenvalue weighted by molar-refractivity contribution is 0.0945. The van der Waals surface area contributed by atoms with Crippen molar-refractivity contribution in [2.24, 2.45) is 0 Å². The maximum absolute atomic E-state index is 12.3. The molecular weight excluding hydrogens is 318 g/mol. The molecule has 3 aromatic rings. The Labute approximate surface area is 144 Å². The van der Waals surface area contributed by atoms with Crippen LogP contribution in [0.15, 0.2) is 67.4 Å². The van der Waals surface area contributed by atoms with Crippen molar-refractivity contribution >= 4 is 17.5 Å². The first-order chi connectivity index (χ1) is 12.2. The Morgan fingerprint density at radius 1 is 0.880 bits per heavy atom. The molecule has 0 fully saturated rings. The van der Waals surface area contributed by atoms with Crippen LogP contribution < -0.4 is 10.6 Å². The van der Waals surface area contributed by atoms with Gasteiger partial charge in [0.1, 0.15) is 5.69 Å². The molecule has 0 spiro atoms. The van der Waals surface area contributed by atoms with Gasteiger partial charge in [-0.25, -0.2) is 4.98 Å². The van der Waals surface area contributed by atoms with E-state index in [1.54, 1.807) is 24.4 Å². The van der Waals surface area contributed by atoms with Gasteiger partial charge in [-0.05, 0) is 23.8 Å². The van der Waals surface area contributed by atoms with Crippen LogP contribution in [0.5, 0.6) is 0 Å². The molecule has 7 nitrogen and oxygen atoms in total. The molecule has 2 aromatic heterocycles. The van der Waals surface area contributed by atoms with Crippen LogP contribution in [0.2, 0.25) is 0 Å². The highest BCUT2D eigenvalue weighted by Crippen LogP contribution is 2.16. The van der Waals surface area contributed by atoms with Gasteiger partial charge in [0.2, 0.25) is 0 Å². The minimum Gasteiger partial charge on any atom is -0.346 e. The lowest BCUT2D eigenvalue weighted by Crippen LogP contribution is -2.24. The summed E-state index contributed by atoms with van der Waals surface area (Å²) in [5.41, 5.74) is 2.09. The third-order valence-electron chi connectivity index (χ3n) is 3.42. The zero-order chi connectivity index (χ0) is 17.5. The van der Waals surface area contributed by atoms with Crippen LogP contribution in [-0.2, 0) is 6.54 Å². The highest BCUT2D eigenvalue weighted by molar-refractivity contribution is 6.04. The number of nitrogens with zero attached hydrogens (tertiary/aromatic N) is 3. The van der Waals surface area contributed by atoms with Crippen molar-refractivity contribution in [3.05, 3.63) is 84.2 Å². The normalized spacial score (nSPS) is 10.1. The van der Waals surface area contributed by atoms with Crippen LogP contribution in [0.1, 0.15) is 26.4 Å². The number of hydrogen-bond acceptors (Lipinski definition) is 5. The van der Waals surface area contributed by atoms with Crippen LogP contribution in [0.25, 0.3) is 0 Å². The van der Waals surface area contributed by atoms with Crippen LogP contribution in [0.3, 0.4) is 0 Å². The molecule has 1 aromatic carbocycles. The summed E-state index contributed by atoms with van der Waals surface area (Å²) in [6.45, 7) is 0.249. The van der Waals surface area contributed by atoms with Crippen molar-refractivity contribution in [2.75, 3.05) is 5.32 Å². The van der Waals surface area contributed by atoms with Crippen molar-refractivity contribution in [2.45, 2.75) is 6.54 Å². The molecule has 0 aliphatic carbocycles. The number of hydrogen-bond donors (Lipinski definition) is 2. The first-order valence-electron chi connectivity index (χ1n) is 7.57. The molecule has 3 rings (SSSR count). The summed E-state index contributed by atoms with van der Waals surface area (Å²) < 4.78 is 0. The quantitative estimate of drug-likeness (QED) is 0.745. The van der Waals surface area contributed by atoms with Gasteiger partial charge < -0.3 is 10.6 Å². The Hall–Kier alpha value is -3.61. The molecule has 2 N–H and O–H groups in total. The summed E-state index contributed by atoms with van der Waals surface area (Å²) in [7, 11) is 0. The summed E-state index contributed by atoms with van der Waals surface area (Å²) in [6, 6.07) is 10.6. The lowest BCUT2D eigenvalue weighted by Gasteiger charge is -2.11. The minimum atomic E-state index is -0.332. The first kappa shape index (κ1) is 16.3. The topological polar surface area (TPSA) is 96.9 Å². The smallest absolute Gasteiger partial charge is 0.271 e. The molecule has 7 heteroatoms. The summed E-state index contributed by atoms with van der Waals surface area (Å²) in [6.07, 6.45) is 7.45. The Kier molecular flexibility index (Phi) is 5.06. The SMILES string of the molecule is O=C(Nc1ccccc1CNC(=O)c1cnccn1)c1cccnc1. The number of amides is 2. The molecule has 2 heterocycles. The fourth-order valence-electron chi connectivity index (χ4n) is 2.17. The third-order valence-corrected chi connectivity index (χ3v) is 3.42. The molecule has 0 unspecified atom stereocenters. The van der Waals surface area contributed by atoms with Gasteiger partial charge in [0.15, 0.2) is 0 Å². The van der Waals surface area contributed by atoms with Crippen LogP contribution in [-0.4, -0.2) is 26.8 Å². The molecule has 0 bridgehead atoms. The second-order valence-corrected chi connectivity index (χ2v) is 5.13. The van der Waals surface area contributed by atoms with Crippen LogP contribution in [0.4, 0.5) is 5.69 Å². The number of para-hydroxylation sites is 1. The molecule has 0 atom stereocenters. The van der Waals surface area contributed by atoms with Crippen molar-refractivity contribution < 1.29 is 9.59 Å².